The number of para-hydroxylation sites is 1. The number of fused-ring (bicyclic) bond motifs is 5. The molecule has 2 spiro atoms. The number of hydrogen-bond acceptors (Lipinski definition) is 5. The van der Waals surface area contributed by atoms with Gasteiger partial charge in [-0.2, -0.15) is 0 Å². The quantitative estimate of drug-likeness (QED) is 0.510. The lowest BCUT2D eigenvalue weighted by Crippen LogP contribution is -2.47. The SMILES string of the molecule is O=C(CN1c2ccccc2[C@]2(CC[S@+]([O-])CC2)C1=O)Nc1ccc2c(c1)CC1(C2)C(=O)Nc2ncccc21. The molecule has 192 valence electrons. The fourth-order valence-electron chi connectivity index (χ4n) is 6.73. The number of rotatable bonds is 3. The molecule has 9 heteroatoms. The largest absolute Gasteiger partial charge is 0.616 e. The van der Waals surface area contributed by atoms with E-state index in [0.29, 0.717) is 48.7 Å². The Balaban J connectivity index is 1.10. The van der Waals surface area contributed by atoms with Gasteiger partial charge in [0.2, 0.25) is 17.7 Å². The van der Waals surface area contributed by atoms with Crippen molar-refractivity contribution < 1.29 is 18.9 Å². The van der Waals surface area contributed by atoms with Gasteiger partial charge in [0.1, 0.15) is 23.9 Å². The highest BCUT2D eigenvalue weighted by atomic mass is 32.2. The summed E-state index contributed by atoms with van der Waals surface area (Å²) in [6.45, 7) is -0.0941. The number of benzene rings is 2. The molecular weight excluding hydrogens is 500 g/mol. The molecule has 2 N–H and O–H groups in total. The summed E-state index contributed by atoms with van der Waals surface area (Å²) in [4.78, 5) is 45.7. The highest BCUT2D eigenvalue weighted by molar-refractivity contribution is 7.91. The second-order valence-electron chi connectivity index (χ2n) is 10.7. The molecule has 4 aliphatic rings. The average molecular weight is 527 g/mol. The fraction of sp³-hybridized carbons (Fsp3) is 0.310. The van der Waals surface area contributed by atoms with Crippen LogP contribution in [0.25, 0.3) is 0 Å². The van der Waals surface area contributed by atoms with Gasteiger partial charge in [0.05, 0.1) is 10.8 Å². The van der Waals surface area contributed by atoms with Crippen molar-refractivity contribution in [3.8, 4) is 0 Å². The molecular formula is C29H26N4O4S. The number of nitrogens with zero attached hydrogens (tertiary/aromatic N) is 2. The standard InChI is InChI=1S/C29H26N4O4S/c34-24(17-33-23-6-2-1-4-21(23)28(27(33)36)9-12-38(37)13-10-28)31-20-8-7-18-15-29(16-19(18)14-20)22-5-3-11-30-25(22)32-26(29)35/h1-8,11,14H,9-10,12-13,15-17H2,(H,31,34)(H,30,32,35)/t28-,29?,38+. The molecule has 3 amide bonds. The molecule has 1 atom stereocenters. The topological polar surface area (TPSA) is 114 Å². The molecule has 1 unspecified atom stereocenters. The third kappa shape index (κ3) is 3.34. The predicted octanol–water partition coefficient (Wildman–Crippen LogP) is 2.84. The lowest BCUT2D eigenvalue weighted by atomic mass is 9.76. The van der Waals surface area contributed by atoms with Gasteiger partial charge in [-0.25, -0.2) is 4.98 Å². The minimum absolute atomic E-state index is 0.0420. The van der Waals surface area contributed by atoms with Crippen LogP contribution < -0.4 is 15.5 Å². The molecule has 1 fully saturated rings. The Morgan fingerprint density at radius 2 is 1.76 bits per heavy atom. The van der Waals surface area contributed by atoms with Gasteiger partial charge in [0.15, 0.2) is 0 Å². The maximum Gasteiger partial charge on any atom is 0.244 e. The van der Waals surface area contributed by atoms with Gasteiger partial charge in [-0.15, -0.1) is 0 Å². The highest BCUT2D eigenvalue weighted by Gasteiger charge is 2.54. The van der Waals surface area contributed by atoms with Crippen LogP contribution in [0.2, 0.25) is 0 Å². The van der Waals surface area contributed by atoms with E-state index in [1.54, 1.807) is 11.1 Å². The third-order valence-electron chi connectivity index (χ3n) is 8.64. The van der Waals surface area contributed by atoms with E-state index in [1.807, 2.05) is 54.6 Å². The Bertz CT molecular complexity index is 1520. The summed E-state index contributed by atoms with van der Waals surface area (Å²) in [6, 6.07) is 17.2. The summed E-state index contributed by atoms with van der Waals surface area (Å²) in [6.07, 6.45) is 3.87. The molecule has 2 aromatic carbocycles. The summed E-state index contributed by atoms with van der Waals surface area (Å²) in [5, 5.41) is 5.88. The number of nitrogens with one attached hydrogen (secondary N) is 2. The van der Waals surface area contributed by atoms with Gasteiger partial charge < -0.3 is 20.1 Å². The van der Waals surface area contributed by atoms with Crippen molar-refractivity contribution in [1.29, 1.82) is 0 Å². The molecule has 0 radical (unpaired) electrons. The molecule has 0 saturated carbocycles. The Hall–Kier alpha value is -3.69. The number of carbonyl (C=O) groups excluding carboxylic acids is 3. The van der Waals surface area contributed by atoms with Crippen molar-refractivity contribution in [2.24, 2.45) is 0 Å². The molecule has 7 rings (SSSR count). The summed E-state index contributed by atoms with van der Waals surface area (Å²) >= 11 is -0.899. The average Bonchev–Trinajstić information content (AvgIpc) is 3.51. The number of amides is 3. The number of carbonyl (C=O) groups is 3. The summed E-state index contributed by atoms with van der Waals surface area (Å²) in [7, 11) is 0. The van der Waals surface area contributed by atoms with E-state index < -0.39 is 22.0 Å². The smallest absolute Gasteiger partial charge is 0.244 e. The van der Waals surface area contributed by atoms with Crippen LogP contribution in [0.1, 0.15) is 35.1 Å². The van der Waals surface area contributed by atoms with Crippen LogP contribution in [0.15, 0.2) is 60.8 Å². The van der Waals surface area contributed by atoms with Crippen LogP contribution in [0.4, 0.5) is 17.2 Å². The van der Waals surface area contributed by atoms with Crippen molar-refractivity contribution in [3.05, 3.63) is 83.0 Å². The van der Waals surface area contributed by atoms with Crippen molar-refractivity contribution in [2.75, 3.05) is 33.6 Å². The summed E-state index contributed by atoms with van der Waals surface area (Å²) in [5.74, 6) is 1.20. The van der Waals surface area contributed by atoms with Gasteiger partial charge in [-0.05, 0) is 53.8 Å². The van der Waals surface area contributed by atoms with Crippen LogP contribution in [-0.2, 0) is 49.2 Å². The second kappa shape index (κ2) is 8.41. The van der Waals surface area contributed by atoms with Gasteiger partial charge in [0, 0.05) is 36.0 Å². The Morgan fingerprint density at radius 1 is 1.00 bits per heavy atom. The Morgan fingerprint density at radius 3 is 2.61 bits per heavy atom. The van der Waals surface area contributed by atoms with E-state index in [0.717, 1.165) is 27.9 Å². The van der Waals surface area contributed by atoms with E-state index in [2.05, 4.69) is 15.6 Å². The predicted molar refractivity (Wildman–Crippen MR) is 145 cm³/mol. The zero-order valence-corrected chi connectivity index (χ0v) is 21.5. The van der Waals surface area contributed by atoms with Crippen LogP contribution in [0.5, 0.6) is 0 Å². The zero-order chi connectivity index (χ0) is 26.1. The van der Waals surface area contributed by atoms with Crippen molar-refractivity contribution in [1.82, 2.24) is 4.98 Å². The first-order valence-corrected chi connectivity index (χ1v) is 14.3. The monoisotopic (exact) mass is 526 g/mol. The van der Waals surface area contributed by atoms with Gasteiger partial charge in [-0.3, -0.25) is 14.4 Å². The van der Waals surface area contributed by atoms with Crippen LogP contribution in [-0.4, -0.2) is 45.3 Å². The molecule has 1 aromatic heterocycles. The molecule has 0 bridgehead atoms. The van der Waals surface area contributed by atoms with E-state index in [1.165, 1.54) is 0 Å². The first-order valence-electron chi connectivity index (χ1n) is 12.8. The maximum atomic E-state index is 13.7. The van der Waals surface area contributed by atoms with Crippen molar-refractivity contribution in [3.63, 3.8) is 0 Å². The van der Waals surface area contributed by atoms with Gasteiger partial charge >= 0.3 is 0 Å². The molecule has 38 heavy (non-hydrogen) atoms. The summed E-state index contributed by atoms with van der Waals surface area (Å²) in [5.41, 5.74) is 3.98. The van der Waals surface area contributed by atoms with E-state index in [-0.39, 0.29) is 24.3 Å². The normalized spacial score (nSPS) is 26.9. The molecule has 3 aliphatic heterocycles. The number of pyridine rings is 1. The minimum atomic E-state index is -0.899. The molecule has 8 nitrogen and oxygen atoms in total. The first kappa shape index (κ1) is 23.4. The summed E-state index contributed by atoms with van der Waals surface area (Å²) < 4.78 is 12.0. The highest BCUT2D eigenvalue weighted by Crippen LogP contribution is 2.49. The van der Waals surface area contributed by atoms with Crippen LogP contribution in [0, 0.1) is 0 Å². The number of hydrogen-bond donors (Lipinski definition) is 2. The van der Waals surface area contributed by atoms with E-state index >= 15 is 0 Å². The Kier molecular flexibility index (Phi) is 5.18. The van der Waals surface area contributed by atoms with E-state index in [9.17, 15) is 18.9 Å². The number of aromatic nitrogens is 1. The second-order valence-corrected chi connectivity index (χ2v) is 12.4. The van der Waals surface area contributed by atoms with Crippen LogP contribution >= 0.6 is 0 Å². The Labute approximate surface area is 223 Å². The molecule has 4 heterocycles. The molecule has 3 aromatic rings. The first-order chi connectivity index (χ1) is 18.4. The zero-order valence-electron chi connectivity index (χ0n) is 20.7. The number of anilines is 3. The third-order valence-corrected chi connectivity index (χ3v) is 9.96. The maximum absolute atomic E-state index is 13.7. The lowest BCUT2D eigenvalue weighted by Gasteiger charge is -2.33. The molecule has 1 aliphatic carbocycles. The fourth-order valence-corrected chi connectivity index (χ4v) is 8.09. The van der Waals surface area contributed by atoms with Crippen molar-refractivity contribution >= 4 is 46.1 Å². The van der Waals surface area contributed by atoms with E-state index in [4.69, 9.17) is 0 Å². The van der Waals surface area contributed by atoms with Crippen molar-refractivity contribution in [2.45, 2.75) is 36.5 Å². The molecule has 1 saturated heterocycles. The lowest BCUT2D eigenvalue weighted by molar-refractivity contribution is -0.125. The van der Waals surface area contributed by atoms with Gasteiger partial charge in [-0.1, -0.05) is 41.5 Å². The van der Waals surface area contributed by atoms with Gasteiger partial charge in [0.25, 0.3) is 0 Å². The van der Waals surface area contributed by atoms with Crippen LogP contribution in [0.3, 0.4) is 0 Å². The minimum Gasteiger partial charge on any atom is -0.616 e.